The van der Waals surface area contributed by atoms with E-state index in [-0.39, 0.29) is 17.5 Å². The molecule has 0 saturated heterocycles. The first-order valence-electron chi connectivity index (χ1n) is 27.7. The Balaban J connectivity index is 0.000000148. The molecule has 6 aromatic heterocycles. The highest BCUT2D eigenvalue weighted by molar-refractivity contribution is 9.08. The van der Waals surface area contributed by atoms with Gasteiger partial charge in [-0.25, -0.2) is 29.3 Å². The fourth-order valence-electron chi connectivity index (χ4n) is 8.92. The number of hydrogen-bond acceptors (Lipinski definition) is 11. The molecule has 6 heterocycles. The molecule has 22 heteroatoms. The van der Waals surface area contributed by atoms with Crippen LogP contribution in [0.3, 0.4) is 0 Å². The second kappa shape index (κ2) is 29.2. The van der Waals surface area contributed by atoms with E-state index in [0.29, 0.717) is 54.4 Å². The number of esters is 2. The zero-order chi connectivity index (χ0) is 64.4. The number of pyridine rings is 3. The lowest BCUT2D eigenvalue weighted by Gasteiger charge is -2.19. The number of halogens is 7. The van der Waals surface area contributed by atoms with Gasteiger partial charge in [-0.15, -0.1) is 0 Å². The normalized spacial score (nSPS) is 11.3. The average molecular weight is 1390 g/mol. The molecule has 0 aliphatic carbocycles. The number of rotatable bonds is 11. The van der Waals surface area contributed by atoms with E-state index in [1.54, 1.807) is 116 Å². The maximum atomic E-state index is 12.3. The number of carboxylic acids is 1. The lowest BCUT2D eigenvalue weighted by Crippen LogP contribution is -2.23. The molecule has 6 aromatic carbocycles. The molecule has 0 aliphatic heterocycles. The highest BCUT2D eigenvalue weighted by Crippen LogP contribution is 2.35. The van der Waals surface area contributed by atoms with Crippen molar-refractivity contribution in [1.82, 2.24) is 44.0 Å². The van der Waals surface area contributed by atoms with Crippen molar-refractivity contribution in [2.24, 2.45) is 0 Å². The number of nitrogens with one attached hydrogen (secondary N) is 1. The minimum absolute atomic E-state index is 0.249. The smallest absolute Gasteiger partial charge is 0.338 e. The molecule has 90 heavy (non-hydrogen) atoms. The average Bonchev–Trinajstić information content (AvgIpc) is 1.69. The van der Waals surface area contributed by atoms with E-state index in [1.165, 1.54) is 0 Å². The Bertz CT molecular complexity index is 4460. The van der Waals surface area contributed by atoms with Crippen molar-refractivity contribution in [3.05, 3.63) is 246 Å². The molecule has 0 amide bonds. The largest absolute Gasteiger partial charge is 0.478 e. The molecule has 0 saturated carbocycles. The lowest BCUT2D eigenvalue weighted by atomic mass is 10.1. The van der Waals surface area contributed by atoms with Gasteiger partial charge in [0, 0.05) is 72.3 Å². The van der Waals surface area contributed by atoms with Crippen LogP contribution in [0.25, 0.3) is 67.3 Å². The highest BCUT2D eigenvalue weighted by atomic mass is 79.9. The summed E-state index contributed by atoms with van der Waals surface area (Å²) in [5.41, 5.74) is 11.2. The number of carbonyl (C=O) groups is 3. The summed E-state index contributed by atoms with van der Waals surface area (Å²) in [6.45, 7) is 12.2. The zero-order valence-corrected chi connectivity index (χ0v) is 55.3. The van der Waals surface area contributed by atoms with Gasteiger partial charge in [-0.05, 0) is 167 Å². The van der Waals surface area contributed by atoms with E-state index < -0.39 is 17.2 Å². The van der Waals surface area contributed by atoms with Crippen LogP contribution in [0.15, 0.2) is 183 Å². The summed E-state index contributed by atoms with van der Waals surface area (Å²) in [6.07, 6.45) is 10.3. The number of nitrogens with zero attached hydrogens (tertiary/aromatic N) is 8. The van der Waals surface area contributed by atoms with Gasteiger partial charge in [0.15, 0.2) is 0 Å². The van der Waals surface area contributed by atoms with Crippen molar-refractivity contribution < 1.29 is 29.0 Å². The molecular formula is C68H56BrCl6N9O6. The molecule has 0 radical (unpaired) electrons. The topological polar surface area (TPSA) is 193 Å². The van der Waals surface area contributed by atoms with Crippen molar-refractivity contribution in [1.29, 1.82) is 0 Å². The fraction of sp³-hybridized carbons (Fsp3) is 0.162. The number of H-pyrrole nitrogens is 1. The third-order valence-electron chi connectivity index (χ3n) is 13.1. The second-order valence-electron chi connectivity index (χ2n) is 22.2. The number of carbonyl (C=O) groups excluding carboxylic acids is 2. The van der Waals surface area contributed by atoms with Gasteiger partial charge in [0.2, 0.25) is 0 Å². The molecule has 0 bridgehead atoms. The molecule has 0 atom stereocenters. The van der Waals surface area contributed by atoms with E-state index in [9.17, 15) is 14.4 Å². The van der Waals surface area contributed by atoms with Gasteiger partial charge in [-0.3, -0.25) is 15.0 Å². The Hall–Kier alpha value is -8.19. The molecule has 458 valence electrons. The lowest BCUT2D eigenvalue weighted by molar-refractivity contribution is 0.00570. The predicted molar refractivity (Wildman–Crippen MR) is 363 cm³/mol. The quantitative estimate of drug-likeness (QED) is 0.0921. The first-order valence-corrected chi connectivity index (χ1v) is 31.1. The van der Waals surface area contributed by atoms with Crippen LogP contribution in [0.4, 0.5) is 0 Å². The van der Waals surface area contributed by atoms with E-state index >= 15 is 0 Å². The molecule has 0 spiro atoms. The number of benzene rings is 6. The number of aromatic nitrogens is 9. The third kappa shape index (κ3) is 17.2. The molecule has 2 N–H and O–H groups in total. The maximum absolute atomic E-state index is 12.3. The number of carboxylic acid groups (broad SMARTS) is 1. The summed E-state index contributed by atoms with van der Waals surface area (Å²) >= 11 is 40.1. The Labute approximate surface area is 557 Å². The van der Waals surface area contributed by atoms with Gasteiger partial charge in [-0.1, -0.05) is 122 Å². The monoisotopic (exact) mass is 1380 g/mol. The molecule has 0 aliphatic rings. The zero-order valence-electron chi connectivity index (χ0n) is 49.2. The van der Waals surface area contributed by atoms with Crippen LogP contribution in [-0.4, -0.2) is 78.2 Å². The number of imidazole rings is 3. The van der Waals surface area contributed by atoms with Gasteiger partial charge in [-0.2, -0.15) is 0 Å². The predicted octanol–water partition coefficient (Wildman–Crippen LogP) is 19.0. The number of alkyl halides is 1. The third-order valence-corrected chi connectivity index (χ3v) is 16.0. The van der Waals surface area contributed by atoms with Crippen molar-refractivity contribution in [3.8, 4) is 34.2 Å². The summed E-state index contributed by atoms with van der Waals surface area (Å²) in [4.78, 5) is 64.3. The van der Waals surface area contributed by atoms with Crippen molar-refractivity contribution in [2.75, 3.05) is 0 Å². The van der Waals surface area contributed by atoms with Crippen LogP contribution in [0, 0.1) is 0 Å². The van der Waals surface area contributed by atoms with Crippen molar-refractivity contribution >= 4 is 137 Å². The number of aromatic carboxylic acids is 1. The van der Waals surface area contributed by atoms with Crippen LogP contribution < -0.4 is 0 Å². The summed E-state index contributed by atoms with van der Waals surface area (Å²) in [6, 6.07) is 43.6. The van der Waals surface area contributed by atoms with Gasteiger partial charge >= 0.3 is 17.9 Å². The number of hydrogen-bond donors (Lipinski definition) is 2. The maximum Gasteiger partial charge on any atom is 0.338 e. The van der Waals surface area contributed by atoms with Crippen molar-refractivity contribution in [3.63, 3.8) is 0 Å². The molecule has 12 rings (SSSR count). The summed E-state index contributed by atoms with van der Waals surface area (Å²) in [5.74, 6) is 0.754. The Morgan fingerprint density at radius 3 is 1.18 bits per heavy atom. The van der Waals surface area contributed by atoms with Gasteiger partial charge in [0.05, 0.1) is 79.9 Å². The van der Waals surface area contributed by atoms with E-state index in [1.807, 2.05) is 113 Å². The Morgan fingerprint density at radius 2 is 0.800 bits per heavy atom. The highest BCUT2D eigenvalue weighted by Gasteiger charge is 2.21. The van der Waals surface area contributed by atoms with Crippen LogP contribution in [-0.2, 0) is 27.9 Å². The molecule has 15 nitrogen and oxygen atoms in total. The minimum atomic E-state index is -0.950. The summed E-state index contributed by atoms with van der Waals surface area (Å²) < 4.78 is 14.8. The fourth-order valence-corrected chi connectivity index (χ4v) is 10.2. The van der Waals surface area contributed by atoms with Crippen LogP contribution in [0.5, 0.6) is 0 Å². The number of fused-ring (bicyclic) bond motifs is 3. The Morgan fingerprint density at radius 1 is 0.456 bits per heavy atom. The van der Waals surface area contributed by atoms with Gasteiger partial charge < -0.3 is 28.7 Å². The van der Waals surface area contributed by atoms with Gasteiger partial charge in [0.1, 0.15) is 28.7 Å². The summed E-state index contributed by atoms with van der Waals surface area (Å²) in [7, 11) is 0. The van der Waals surface area contributed by atoms with E-state index in [2.05, 4.69) is 45.4 Å². The van der Waals surface area contributed by atoms with Crippen LogP contribution >= 0.6 is 85.5 Å². The summed E-state index contributed by atoms with van der Waals surface area (Å²) in [5, 5.41) is 12.7. The standard InChI is InChI=1S/C24H21Cl2N3O2.C20H13Cl2N3O2.C12H15BrO2.C12H7Cl2N3/c1-24(2,3)31-23(30)17-6-4-15(5-7-17)14-29-21-13-19(26)18(25)12-20(21)28-22(29)16-8-10-27-11-9-16;21-15-9-17-18(10-16(15)22)25(19(24-17)13-5-7-23-8-6-13)11-12-1-3-14(4-2-12)20(26)27;1-12(2,3)15-11(14)10-6-4-9(8-13)5-7-10;13-8-5-10-11(6-9(8)14)17-12(16-10)7-1-3-15-4-2-7/h4-13H,14H2,1-3H3;1-10H,11H2,(H,26,27);4-7H,8H2,1-3H3;1-6H,(H,16,17). The molecular weight excluding hydrogens is 1330 g/mol. The van der Waals surface area contributed by atoms with Crippen LogP contribution in [0.2, 0.25) is 30.1 Å². The Kier molecular flexibility index (Phi) is 21.5. The number of aromatic amines is 1. The second-order valence-corrected chi connectivity index (χ2v) is 25.2. The van der Waals surface area contributed by atoms with E-state index in [4.69, 9.17) is 94.2 Å². The molecule has 12 aromatic rings. The minimum Gasteiger partial charge on any atom is -0.478 e. The van der Waals surface area contributed by atoms with Crippen LogP contribution in [0.1, 0.15) is 89.3 Å². The SMILES string of the molecule is CC(C)(C)OC(=O)c1ccc(CBr)cc1.CC(C)(C)OC(=O)c1ccc(Cn2c(-c3ccncc3)nc3cc(Cl)c(Cl)cc32)cc1.Clc1cc2nc(-c3ccncc3)[nH]c2cc1Cl.O=C(O)c1ccc(Cn2c(-c3ccncc3)nc3cc(Cl)c(Cl)cc32)cc1. The molecule has 0 unspecified atom stereocenters. The van der Waals surface area contributed by atoms with Crippen molar-refractivity contribution in [2.45, 2.75) is 71.2 Å². The van der Waals surface area contributed by atoms with Gasteiger partial charge in [0.25, 0.3) is 0 Å². The number of ether oxygens (including phenoxy) is 2. The first-order chi connectivity index (χ1) is 42.9. The molecule has 0 fully saturated rings. The van der Waals surface area contributed by atoms with E-state index in [0.717, 1.165) is 89.3 Å². The first kappa shape index (κ1) is 66.2.